The molecule has 0 saturated heterocycles. The van der Waals surface area contributed by atoms with Crippen LogP contribution < -0.4 is 0 Å². The molecule has 4 rings (SSSR count). The van der Waals surface area contributed by atoms with Gasteiger partial charge < -0.3 is 0 Å². The Balaban J connectivity index is 1.55. The van der Waals surface area contributed by atoms with E-state index in [0.717, 1.165) is 6.42 Å². The van der Waals surface area contributed by atoms with E-state index in [0.29, 0.717) is 34.7 Å². The van der Waals surface area contributed by atoms with E-state index in [1.54, 1.807) is 48.5 Å². The van der Waals surface area contributed by atoms with Gasteiger partial charge in [-0.2, -0.15) is 0 Å². The molecule has 2 heterocycles. The molecule has 0 unspecified atom stereocenters. The first kappa shape index (κ1) is 20.0. The third-order valence-electron chi connectivity index (χ3n) is 5.46. The highest BCUT2D eigenvalue weighted by Gasteiger charge is 2.39. The van der Waals surface area contributed by atoms with E-state index in [1.807, 2.05) is 4.90 Å². The minimum Gasteiger partial charge on any atom is -0.269 e. The average molecular weight is 405 g/mol. The molecule has 30 heavy (non-hydrogen) atoms. The van der Waals surface area contributed by atoms with Crippen molar-refractivity contribution in [3.05, 3.63) is 70.8 Å². The molecule has 0 fully saturated rings. The summed E-state index contributed by atoms with van der Waals surface area (Å²) in [4.78, 5) is 55.2. The molecule has 2 aromatic rings. The standard InChI is InChI=1S/C23H23N3O4/c1-15(2)11-12-24(13-25-20(27)16-7-3-4-8-17(16)21(25)28)14-26-22(29)18-9-5-6-10-19(18)23(26)30/h3-10,15H,11-14H2,1-2H3. The van der Waals surface area contributed by atoms with Crippen molar-refractivity contribution >= 4 is 23.6 Å². The van der Waals surface area contributed by atoms with E-state index in [9.17, 15) is 19.2 Å². The maximum absolute atomic E-state index is 12.8. The van der Waals surface area contributed by atoms with Gasteiger partial charge in [-0.15, -0.1) is 0 Å². The van der Waals surface area contributed by atoms with Gasteiger partial charge in [-0.25, -0.2) is 0 Å². The Morgan fingerprint density at radius 3 is 1.30 bits per heavy atom. The van der Waals surface area contributed by atoms with Gasteiger partial charge in [0.05, 0.1) is 35.6 Å². The minimum atomic E-state index is -0.354. The summed E-state index contributed by atoms with van der Waals surface area (Å²) in [5.74, 6) is -1.03. The lowest BCUT2D eigenvalue weighted by atomic mass is 10.1. The average Bonchev–Trinajstić information content (AvgIpc) is 3.13. The number of fused-ring (bicyclic) bond motifs is 2. The summed E-state index contributed by atoms with van der Waals surface area (Å²) < 4.78 is 0. The van der Waals surface area contributed by atoms with Crippen molar-refractivity contribution in [2.75, 3.05) is 19.9 Å². The number of nitrogens with zero attached hydrogens (tertiary/aromatic N) is 3. The molecule has 2 aliphatic rings. The summed E-state index contributed by atoms with van der Waals surface area (Å²) in [5.41, 5.74) is 1.53. The summed E-state index contributed by atoms with van der Waals surface area (Å²) in [6, 6.07) is 13.4. The van der Waals surface area contributed by atoms with Crippen LogP contribution in [0.25, 0.3) is 0 Å². The molecule has 0 aliphatic carbocycles. The van der Waals surface area contributed by atoms with Crippen molar-refractivity contribution in [1.82, 2.24) is 14.7 Å². The fraction of sp³-hybridized carbons (Fsp3) is 0.304. The molecule has 0 N–H and O–H groups in total. The van der Waals surface area contributed by atoms with Crippen LogP contribution in [-0.4, -0.2) is 58.2 Å². The fourth-order valence-corrected chi connectivity index (χ4v) is 3.76. The van der Waals surface area contributed by atoms with Gasteiger partial charge in [0.25, 0.3) is 23.6 Å². The summed E-state index contributed by atoms with van der Waals surface area (Å²) in [5, 5.41) is 0. The second-order valence-electron chi connectivity index (χ2n) is 8.03. The number of amides is 4. The lowest BCUT2D eigenvalue weighted by Gasteiger charge is -2.30. The van der Waals surface area contributed by atoms with Crippen molar-refractivity contribution in [1.29, 1.82) is 0 Å². The Morgan fingerprint density at radius 2 is 1.00 bits per heavy atom. The number of hydrogen-bond donors (Lipinski definition) is 0. The SMILES string of the molecule is CC(C)CCN(CN1C(=O)c2ccccc2C1=O)CN1C(=O)c2ccccc2C1=O. The lowest BCUT2D eigenvalue weighted by Crippen LogP contribution is -2.48. The predicted molar refractivity (Wildman–Crippen MR) is 110 cm³/mol. The number of hydrogen-bond acceptors (Lipinski definition) is 5. The van der Waals surface area contributed by atoms with Crippen molar-refractivity contribution in [3.8, 4) is 0 Å². The highest BCUT2D eigenvalue weighted by atomic mass is 16.2. The van der Waals surface area contributed by atoms with Crippen LogP contribution in [0.15, 0.2) is 48.5 Å². The topological polar surface area (TPSA) is 78.0 Å². The molecule has 0 aromatic heterocycles. The van der Waals surface area contributed by atoms with Gasteiger partial charge in [0.1, 0.15) is 0 Å². The second-order valence-corrected chi connectivity index (χ2v) is 8.03. The quantitative estimate of drug-likeness (QED) is 0.662. The van der Waals surface area contributed by atoms with Gasteiger partial charge in [0, 0.05) is 6.54 Å². The summed E-state index contributed by atoms with van der Waals surface area (Å²) >= 11 is 0. The van der Waals surface area contributed by atoms with Gasteiger partial charge in [-0.05, 0) is 36.6 Å². The van der Waals surface area contributed by atoms with E-state index in [2.05, 4.69) is 13.8 Å². The zero-order chi connectivity index (χ0) is 21.4. The van der Waals surface area contributed by atoms with Gasteiger partial charge in [0.15, 0.2) is 0 Å². The Kier molecular flexibility index (Phi) is 5.22. The molecular weight excluding hydrogens is 382 g/mol. The maximum Gasteiger partial charge on any atom is 0.262 e. The molecule has 154 valence electrons. The van der Waals surface area contributed by atoms with Crippen molar-refractivity contribution in [2.24, 2.45) is 5.92 Å². The molecule has 7 nitrogen and oxygen atoms in total. The van der Waals surface area contributed by atoms with E-state index in [4.69, 9.17) is 0 Å². The molecule has 0 atom stereocenters. The molecular formula is C23H23N3O4. The van der Waals surface area contributed by atoms with Gasteiger partial charge in [-0.1, -0.05) is 38.1 Å². The smallest absolute Gasteiger partial charge is 0.262 e. The molecule has 0 radical (unpaired) electrons. The first-order valence-corrected chi connectivity index (χ1v) is 10.0. The first-order chi connectivity index (χ1) is 14.4. The molecule has 2 aromatic carbocycles. The summed E-state index contributed by atoms with van der Waals surface area (Å²) in [7, 11) is 0. The molecule has 7 heteroatoms. The van der Waals surface area contributed by atoms with E-state index >= 15 is 0 Å². The fourth-order valence-electron chi connectivity index (χ4n) is 3.76. The second kappa shape index (κ2) is 7.84. The highest BCUT2D eigenvalue weighted by molar-refractivity contribution is 6.22. The monoisotopic (exact) mass is 405 g/mol. The first-order valence-electron chi connectivity index (χ1n) is 10.0. The van der Waals surface area contributed by atoms with Gasteiger partial charge in [0.2, 0.25) is 0 Å². The predicted octanol–water partition coefficient (Wildman–Crippen LogP) is 2.84. The Labute approximate surface area is 174 Å². The summed E-state index contributed by atoms with van der Waals surface area (Å²) in [6.07, 6.45) is 0.798. The Hall–Kier alpha value is -3.32. The van der Waals surface area contributed by atoms with Crippen molar-refractivity contribution < 1.29 is 19.2 Å². The normalized spacial score (nSPS) is 15.6. The van der Waals surface area contributed by atoms with E-state index < -0.39 is 0 Å². The number of rotatable bonds is 7. The third kappa shape index (κ3) is 3.41. The highest BCUT2D eigenvalue weighted by Crippen LogP contribution is 2.25. The van der Waals surface area contributed by atoms with Gasteiger partial charge in [-0.3, -0.25) is 33.9 Å². The molecule has 0 bridgehead atoms. The minimum absolute atomic E-state index is 0.0203. The van der Waals surface area contributed by atoms with Crippen molar-refractivity contribution in [2.45, 2.75) is 20.3 Å². The zero-order valence-electron chi connectivity index (χ0n) is 17.0. The summed E-state index contributed by atoms with van der Waals surface area (Å²) in [6.45, 7) is 4.72. The van der Waals surface area contributed by atoms with Crippen LogP contribution in [0.4, 0.5) is 0 Å². The largest absolute Gasteiger partial charge is 0.269 e. The molecule has 2 aliphatic heterocycles. The third-order valence-corrected chi connectivity index (χ3v) is 5.46. The Bertz CT molecular complexity index is 899. The van der Waals surface area contributed by atoms with Crippen LogP contribution in [-0.2, 0) is 0 Å². The molecule has 0 saturated carbocycles. The van der Waals surface area contributed by atoms with Crippen LogP contribution in [0.5, 0.6) is 0 Å². The van der Waals surface area contributed by atoms with E-state index in [1.165, 1.54) is 9.80 Å². The van der Waals surface area contributed by atoms with Crippen molar-refractivity contribution in [3.63, 3.8) is 0 Å². The number of carbonyl (C=O) groups is 4. The van der Waals surface area contributed by atoms with Gasteiger partial charge >= 0.3 is 0 Å². The zero-order valence-corrected chi connectivity index (χ0v) is 17.0. The lowest BCUT2D eigenvalue weighted by molar-refractivity contribution is 0.0389. The van der Waals surface area contributed by atoms with Crippen LogP contribution in [0, 0.1) is 5.92 Å². The molecule has 0 spiro atoms. The Morgan fingerprint density at radius 1 is 0.667 bits per heavy atom. The van der Waals surface area contributed by atoms with Crippen LogP contribution >= 0.6 is 0 Å². The number of carbonyl (C=O) groups excluding carboxylic acids is 4. The maximum atomic E-state index is 12.8. The molecule has 4 amide bonds. The van der Waals surface area contributed by atoms with Crippen LogP contribution in [0.3, 0.4) is 0 Å². The van der Waals surface area contributed by atoms with E-state index in [-0.39, 0.29) is 37.0 Å². The number of imide groups is 2. The van der Waals surface area contributed by atoms with Crippen LogP contribution in [0.2, 0.25) is 0 Å². The van der Waals surface area contributed by atoms with Crippen LogP contribution in [0.1, 0.15) is 61.7 Å². The number of benzene rings is 2.